The predicted octanol–water partition coefficient (Wildman–Crippen LogP) is 4.63. The van der Waals surface area contributed by atoms with Crippen LogP contribution in [0.4, 0.5) is 10.1 Å². The van der Waals surface area contributed by atoms with Gasteiger partial charge in [0.25, 0.3) is 0 Å². The van der Waals surface area contributed by atoms with E-state index in [0.717, 1.165) is 37.4 Å². The summed E-state index contributed by atoms with van der Waals surface area (Å²) in [5.74, 6) is -0.124. The lowest BCUT2D eigenvalue weighted by atomic mass is 10.0. The molecule has 2 nitrogen and oxygen atoms in total. The van der Waals surface area contributed by atoms with Crippen molar-refractivity contribution in [1.29, 1.82) is 0 Å². The maximum atomic E-state index is 13.5. The lowest BCUT2D eigenvalue weighted by molar-refractivity contribution is 0.198. The minimum Gasteiger partial charge on any atom is -0.369 e. The maximum absolute atomic E-state index is 13.5. The average molecular weight is 326 g/mol. The normalized spacial score (nSPS) is 17.1. The molecule has 1 fully saturated rings. The molecule has 0 aromatic heterocycles. The van der Waals surface area contributed by atoms with Gasteiger partial charge in [0, 0.05) is 37.9 Å². The van der Waals surface area contributed by atoms with Gasteiger partial charge in [-0.15, -0.1) is 0 Å². The molecule has 3 heteroatoms. The zero-order valence-electron chi connectivity index (χ0n) is 15.1. The van der Waals surface area contributed by atoms with Crippen molar-refractivity contribution in [2.24, 2.45) is 0 Å². The van der Waals surface area contributed by atoms with Gasteiger partial charge >= 0.3 is 0 Å². The fourth-order valence-corrected chi connectivity index (χ4v) is 3.43. The summed E-state index contributed by atoms with van der Waals surface area (Å²) in [5, 5.41) is 0. The molecule has 0 amide bonds. The zero-order chi connectivity index (χ0) is 17.3. The summed E-state index contributed by atoms with van der Waals surface area (Å²) in [4.78, 5) is 4.90. The second kappa shape index (κ2) is 6.94. The fourth-order valence-electron chi connectivity index (χ4n) is 3.43. The van der Waals surface area contributed by atoms with Gasteiger partial charge in [-0.05, 0) is 68.1 Å². The van der Waals surface area contributed by atoms with E-state index in [-0.39, 0.29) is 5.82 Å². The molecule has 1 atom stereocenters. The lowest BCUT2D eigenvalue weighted by Gasteiger charge is -2.39. The molecule has 0 saturated carbocycles. The Hall–Kier alpha value is -1.87. The summed E-state index contributed by atoms with van der Waals surface area (Å²) in [7, 11) is 0. The highest BCUT2D eigenvalue weighted by Crippen LogP contribution is 2.26. The van der Waals surface area contributed by atoms with E-state index in [1.807, 2.05) is 19.1 Å². The second-order valence-electron chi connectivity index (χ2n) is 6.98. The first-order chi connectivity index (χ1) is 11.5. The Labute approximate surface area is 144 Å². The van der Waals surface area contributed by atoms with Crippen molar-refractivity contribution in [2.75, 3.05) is 31.1 Å². The summed E-state index contributed by atoms with van der Waals surface area (Å²) >= 11 is 0. The van der Waals surface area contributed by atoms with E-state index >= 15 is 0 Å². The maximum Gasteiger partial charge on any atom is 0.126 e. The summed E-state index contributed by atoms with van der Waals surface area (Å²) in [6, 6.07) is 12.6. The quantitative estimate of drug-likeness (QED) is 0.811. The molecule has 0 bridgehead atoms. The largest absolute Gasteiger partial charge is 0.369 e. The van der Waals surface area contributed by atoms with Crippen LogP contribution in [0.2, 0.25) is 0 Å². The van der Waals surface area contributed by atoms with Crippen molar-refractivity contribution in [1.82, 2.24) is 4.90 Å². The number of nitrogens with zero attached hydrogens (tertiary/aromatic N) is 2. The summed E-state index contributed by atoms with van der Waals surface area (Å²) in [6.45, 7) is 12.5. The van der Waals surface area contributed by atoms with Crippen LogP contribution in [0.25, 0.3) is 0 Å². The zero-order valence-corrected chi connectivity index (χ0v) is 15.1. The predicted molar refractivity (Wildman–Crippen MR) is 99.3 cm³/mol. The van der Waals surface area contributed by atoms with Gasteiger partial charge in [0.05, 0.1) is 0 Å². The highest BCUT2D eigenvalue weighted by Gasteiger charge is 2.22. The highest BCUT2D eigenvalue weighted by molar-refractivity contribution is 5.49. The highest BCUT2D eigenvalue weighted by atomic mass is 19.1. The van der Waals surface area contributed by atoms with Crippen LogP contribution in [-0.4, -0.2) is 31.1 Å². The Morgan fingerprint density at radius 1 is 0.833 bits per heavy atom. The standard InChI is InChI=1S/C21H27FN2/c1-15-5-6-19(13-16(15)2)18(4)23-9-11-24(12-10-23)20-7-8-21(22)17(3)14-20/h5-8,13-14,18H,9-12H2,1-4H3. The van der Waals surface area contributed by atoms with Crippen LogP contribution in [0.15, 0.2) is 36.4 Å². The number of rotatable bonds is 3. The van der Waals surface area contributed by atoms with Crippen molar-refractivity contribution in [3.63, 3.8) is 0 Å². The van der Waals surface area contributed by atoms with E-state index in [1.165, 1.54) is 16.7 Å². The van der Waals surface area contributed by atoms with Crippen LogP contribution in [-0.2, 0) is 0 Å². The van der Waals surface area contributed by atoms with Gasteiger partial charge in [-0.3, -0.25) is 4.90 Å². The van der Waals surface area contributed by atoms with E-state index in [0.29, 0.717) is 6.04 Å². The Morgan fingerprint density at radius 2 is 1.54 bits per heavy atom. The molecule has 0 radical (unpaired) electrons. The molecule has 2 aromatic rings. The Kier molecular flexibility index (Phi) is 4.91. The van der Waals surface area contributed by atoms with Crippen molar-refractivity contribution >= 4 is 5.69 Å². The van der Waals surface area contributed by atoms with E-state index in [1.54, 1.807) is 6.07 Å². The van der Waals surface area contributed by atoms with Crippen LogP contribution in [0, 0.1) is 26.6 Å². The number of hydrogen-bond acceptors (Lipinski definition) is 2. The minimum atomic E-state index is -0.124. The van der Waals surface area contributed by atoms with E-state index < -0.39 is 0 Å². The molecule has 1 aliphatic rings. The smallest absolute Gasteiger partial charge is 0.126 e. The van der Waals surface area contributed by atoms with Gasteiger partial charge in [0.15, 0.2) is 0 Å². The Bertz CT molecular complexity index is 718. The van der Waals surface area contributed by atoms with Crippen molar-refractivity contribution in [3.8, 4) is 0 Å². The number of halogens is 1. The average Bonchev–Trinajstić information content (AvgIpc) is 2.59. The topological polar surface area (TPSA) is 6.48 Å². The van der Waals surface area contributed by atoms with Crippen LogP contribution >= 0.6 is 0 Å². The third-order valence-electron chi connectivity index (χ3n) is 5.38. The Morgan fingerprint density at radius 3 is 2.17 bits per heavy atom. The van der Waals surface area contributed by atoms with Crippen LogP contribution in [0.5, 0.6) is 0 Å². The number of piperazine rings is 1. The number of anilines is 1. The molecule has 0 spiro atoms. The summed E-state index contributed by atoms with van der Waals surface area (Å²) in [6.07, 6.45) is 0. The van der Waals surface area contributed by atoms with Crippen LogP contribution in [0.1, 0.15) is 35.2 Å². The van der Waals surface area contributed by atoms with Crippen molar-refractivity contribution < 1.29 is 4.39 Å². The summed E-state index contributed by atoms with van der Waals surface area (Å²) < 4.78 is 13.5. The summed E-state index contributed by atoms with van der Waals surface area (Å²) in [5.41, 5.74) is 5.96. The van der Waals surface area contributed by atoms with Gasteiger partial charge in [-0.2, -0.15) is 0 Å². The van der Waals surface area contributed by atoms with Crippen LogP contribution in [0.3, 0.4) is 0 Å². The molecule has 24 heavy (non-hydrogen) atoms. The van der Waals surface area contributed by atoms with Gasteiger partial charge in [-0.1, -0.05) is 18.2 Å². The monoisotopic (exact) mass is 326 g/mol. The molecule has 1 aliphatic heterocycles. The number of benzene rings is 2. The minimum absolute atomic E-state index is 0.124. The number of hydrogen-bond donors (Lipinski definition) is 0. The molecule has 1 heterocycles. The van der Waals surface area contributed by atoms with Gasteiger partial charge < -0.3 is 4.90 Å². The van der Waals surface area contributed by atoms with E-state index in [2.05, 4.69) is 48.8 Å². The molecule has 2 aromatic carbocycles. The molecule has 128 valence electrons. The third kappa shape index (κ3) is 3.46. The molecular formula is C21H27FN2. The van der Waals surface area contributed by atoms with Crippen molar-refractivity contribution in [2.45, 2.75) is 33.7 Å². The van der Waals surface area contributed by atoms with E-state index in [9.17, 15) is 4.39 Å². The van der Waals surface area contributed by atoms with Crippen molar-refractivity contribution in [3.05, 3.63) is 64.5 Å². The Balaban J connectivity index is 1.65. The molecular weight excluding hydrogens is 299 g/mol. The van der Waals surface area contributed by atoms with Crippen LogP contribution < -0.4 is 4.90 Å². The molecule has 0 N–H and O–H groups in total. The third-order valence-corrected chi connectivity index (χ3v) is 5.38. The van der Waals surface area contributed by atoms with Gasteiger partial charge in [0.2, 0.25) is 0 Å². The first-order valence-corrected chi connectivity index (χ1v) is 8.78. The van der Waals surface area contributed by atoms with Gasteiger partial charge in [0.1, 0.15) is 5.82 Å². The first kappa shape index (κ1) is 17.0. The second-order valence-corrected chi connectivity index (χ2v) is 6.98. The van der Waals surface area contributed by atoms with E-state index in [4.69, 9.17) is 0 Å². The molecule has 3 rings (SSSR count). The fraction of sp³-hybridized carbons (Fsp3) is 0.429. The van der Waals surface area contributed by atoms with Gasteiger partial charge in [-0.25, -0.2) is 4.39 Å². The SMILES string of the molecule is Cc1ccc(C(C)N2CCN(c3ccc(F)c(C)c3)CC2)cc1C. The molecule has 1 unspecified atom stereocenters. The number of aryl methyl sites for hydroxylation is 3. The molecule has 1 saturated heterocycles. The lowest BCUT2D eigenvalue weighted by Crippen LogP contribution is -2.47. The first-order valence-electron chi connectivity index (χ1n) is 8.78. The molecule has 0 aliphatic carbocycles.